The maximum Gasteiger partial charge on any atom is 0.199 e. The summed E-state index contributed by atoms with van der Waals surface area (Å²) in [5, 5.41) is 3.04. The van der Waals surface area contributed by atoms with E-state index in [1.165, 1.54) is 30.2 Å². The van der Waals surface area contributed by atoms with Gasteiger partial charge >= 0.3 is 0 Å². The molecule has 2 aromatic carbocycles. The highest BCUT2D eigenvalue weighted by molar-refractivity contribution is 7.13. The molecule has 1 aliphatic rings. The van der Waals surface area contributed by atoms with E-state index in [2.05, 4.69) is 4.90 Å². The number of rotatable bonds is 4. The van der Waals surface area contributed by atoms with Gasteiger partial charge in [0.15, 0.2) is 5.43 Å². The molecule has 0 spiro atoms. The van der Waals surface area contributed by atoms with Crippen LogP contribution in [0.5, 0.6) is 0 Å². The Labute approximate surface area is 191 Å². The zero-order valence-electron chi connectivity index (χ0n) is 18.2. The van der Waals surface area contributed by atoms with Crippen molar-refractivity contribution >= 4 is 27.9 Å². The molecule has 0 amide bonds. The second-order valence-corrected chi connectivity index (χ2v) is 9.14. The standard InChI is InChI=1S/C26H26FN3OS/c1-2-29-16-20(26-28-22(17-32-26)18-10-6-5-7-11-18)25(31)19-14-21(27)24(15-23(19)29)30-12-8-3-4-9-13-30/h5-7,10-11,14-17H,2-4,8-9,12-13H2,1H3. The Hall–Kier alpha value is -2.99. The van der Waals surface area contributed by atoms with Crippen LogP contribution in [0.2, 0.25) is 0 Å². The number of pyridine rings is 1. The predicted octanol–water partition coefficient (Wildman–Crippen LogP) is 6.33. The maximum atomic E-state index is 15.2. The molecule has 0 atom stereocenters. The van der Waals surface area contributed by atoms with Gasteiger partial charge in [0.2, 0.25) is 0 Å². The third-order valence-electron chi connectivity index (χ3n) is 6.24. The number of anilines is 1. The van der Waals surface area contributed by atoms with Crippen molar-refractivity contribution in [2.45, 2.75) is 39.2 Å². The molecule has 1 saturated heterocycles. The van der Waals surface area contributed by atoms with E-state index < -0.39 is 0 Å². The lowest BCUT2D eigenvalue weighted by molar-refractivity contribution is 0.618. The van der Waals surface area contributed by atoms with Gasteiger partial charge in [-0.2, -0.15) is 0 Å². The number of aromatic nitrogens is 2. The monoisotopic (exact) mass is 447 g/mol. The second kappa shape index (κ2) is 8.87. The lowest BCUT2D eigenvalue weighted by Gasteiger charge is -2.24. The Morgan fingerprint density at radius 3 is 2.53 bits per heavy atom. The average Bonchev–Trinajstić information content (AvgIpc) is 3.15. The number of aryl methyl sites for hydroxylation is 1. The fraction of sp³-hybridized carbons (Fsp3) is 0.308. The highest BCUT2D eigenvalue weighted by atomic mass is 32.1. The first-order chi connectivity index (χ1) is 15.7. The van der Waals surface area contributed by atoms with Gasteiger partial charge in [-0.05, 0) is 31.9 Å². The third-order valence-corrected chi connectivity index (χ3v) is 7.12. The third kappa shape index (κ3) is 3.84. The molecule has 3 heterocycles. The van der Waals surface area contributed by atoms with E-state index >= 15 is 4.39 Å². The Bertz CT molecular complexity index is 1300. The van der Waals surface area contributed by atoms with Gasteiger partial charge in [-0.15, -0.1) is 11.3 Å². The summed E-state index contributed by atoms with van der Waals surface area (Å²) in [5.41, 5.74) is 3.60. The second-order valence-electron chi connectivity index (χ2n) is 8.28. The normalized spacial score (nSPS) is 14.6. The molecule has 6 heteroatoms. The quantitative estimate of drug-likeness (QED) is 0.367. The fourth-order valence-corrected chi connectivity index (χ4v) is 5.34. The summed E-state index contributed by atoms with van der Waals surface area (Å²) >= 11 is 1.45. The fourth-order valence-electron chi connectivity index (χ4n) is 4.51. The maximum absolute atomic E-state index is 15.2. The number of thiazole rings is 1. The molecule has 1 aliphatic heterocycles. The van der Waals surface area contributed by atoms with Crippen LogP contribution in [0.3, 0.4) is 0 Å². The topological polar surface area (TPSA) is 38.1 Å². The van der Waals surface area contributed by atoms with Crippen LogP contribution in [0, 0.1) is 5.82 Å². The van der Waals surface area contributed by atoms with Gasteiger partial charge in [0.1, 0.15) is 10.8 Å². The average molecular weight is 448 g/mol. The molecule has 4 nitrogen and oxygen atoms in total. The first-order valence-corrected chi connectivity index (χ1v) is 12.2. The summed E-state index contributed by atoms with van der Waals surface area (Å²) in [6, 6.07) is 13.2. The van der Waals surface area contributed by atoms with E-state index in [9.17, 15) is 4.79 Å². The van der Waals surface area contributed by atoms with E-state index in [1.54, 1.807) is 0 Å². The molecular formula is C26H26FN3OS. The number of benzene rings is 2. The molecule has 0 radical (unpaired) electrons. The van der Waals surface area contributed by atoms with Crippen molar-refractivity contribution in [3.8, 4) is 21.8 Å². The van der Waals surface area contributed by atoms with Crippen molar-refractivity contribution in [2.24, 2.45) is 0 Å². The van der Waals surface area contributed by atoms with Gasteiger partial charge in [-0.25, -0.2) is 9.37 Å². The van der Waals surface area contributed by atoms with Gasteiger partial charge in [0.05, 0.1) is 22.5 Å². The van der Waals surface area contributed by atoms with Crippen LogP contribution in [0.4, 0.5) is 10.1 Å². The van der Waals surface area contributed by atoms with Crippen molar-refractivity contribution in [1.29, 1.82) is 0 Å². The van der Waals surface area contributed by atoms with Crippen molar-refractivity contribution < 1.29 is 4.39 Å². The summed E-state index contributed by atoms with van der Waals surface area (Å²) < 4.78 is 17.2. The van der Waals surface area contributed by atoms with Crippen LogP contribution in [-0.2, 0) is 6.54 Å². The minimum atomic E-state index is -0.319. The largest absolute Gasteiger partial charge is 0.369 e. The highest BCUT2D eigenvalue weighted by Crippen LogP contribution is 2.31. The van der Waals surface area contributed by atoms with Crippen LogP contribution in [0.15, 0.2) is 58.8 Å². The van der Waals surface area contributed by atoms with E-state index in [0.29, 0.717) is 28.2 Å². The van der Waals surface area contributed by atoms with E-state index in [-0.39, 0.29) is 11.2 Å². The molecule has 32 heavy (non-hydrogen) atoms. The van der Waals surface area contributed by atoms with Gasteiger partial charge in [0, 0.05) is 42.2 Å². The van der Waals surface area contributed by atoms with Gasteiger partial charge in [0.25, 0.3) is 0 Å². The van der Waals surface area contributed by atoms with Crippen LogP contribution >= 0.6 is 11.3 Å². The zero-order chi connectivity index (χ0) is 22.1. The lowest BCUT2D eigenvalue weighted by Crippen LogP contribution is -2.25. The van der Waals surface area contributed by atoms with Gasteiger partial charge < -0.3 is 9.47 Å². The summed E-state index contributed by atoms with van der Waals surface area (Å²) in [7, 11) is 0. The van der Waals surface area contributed by atoms with Crippen LogP contribution in [-0.4, -0.2) is 22.6 Å². The Kier molecular flexibility index (Phi) is 5.79. The Morgan fingerprint density at radius 1 is 1.06 bits per heavy atom. The van der Waals surface area contributed by atoms with Crippen molar-refractivity contribution in [3.05, 3.63) is 70.1 Å². The van der Waals surface area contributed by atoms with Crippen LogP contribution in [0.1, 0.15) is 32.6 Å². The van der Waals surface area contributed by atoms with Crippen molar-refractivity contribution in [3.63, 3.8) is 0 Å². The zero-order valence-corrected chi connectivity index (χ0v) is 19.0. The molecule has 2 aromatic heterocycles. The molecule has 0 N–H and O–H groups in total. The molecule has 0 unspecified atom stereocenters. The first kappa shape index (κ1) is 20.9. The Balaban J connectivity index is 1.62. The molecule has 0 bridgehead atoms. The van der Waals surface area contributed by atoms with E-state index in [0.717, 1.165) is 42.7 Å². The predicted molar refractivity (Wildman–Crippen MR) is 131 cm³/mol. The molecule has 0 saturated carbocycles. The Morgan fingerprint density at radius 2 is 1.81 bits per heavy atom. The van der Waals surface area contributed by atoms with E-state index in [4.69, 9.17) is 4.98 Å². The summed E-state index contributed by atoms with van der Waals surface area (Å²) in [6.45, 7) is 4.45. The number of hydrogen-bond acceptors (Lipinski definition) is 4. The summed E-state index contributed by atoms with van der Waals surface area (Å²) in [4.78, 5) is 20.3. The first-order valence-electron chi connectivity index (χ1n) is 11.3. The SMILES string of the molecule is CCn1cc(-c2nc(-c3ccccc3)cs2)c(=O)c2cc(F)c(N3CCCCCC3)cc21. The van der Waals surface area contributed by atoms with Crippen LogP contribution < -0.4 is 10.3 Å². The molecule has 1 fully saturated rings. The summed E-state index contributed by atoms with van der Waals surface area (Å²) in [5.74, 6) is -0.319. The number of halogens is 1. The van der Waals surface area contributed by atoms with Gasteiger partial charge in [-0.1, -0.05) is 43.2 Å². The number of hydrogen-bond donors (Lipinski definition) is 0. The van der Waals surface area contributed by atoms with Crippen molar-refractivity contribution in [1.82, 2.24) is 9.55 Å². The minimum absolute atomic E-state index is 0.167. The molecular weight excluding hydrogens is 421 g/mol. The molecule has 4 aromatic rings. The molecule has 164 valence electrons. The highest BCUT2D eigenvalue weighted by Gasteiger charge is 2.19. The number of fused-ring (bicyclic) bond motifs is 1. The molecule has 0 aliphatic carbocycles. The smallest absolute Gasteiger partial charge is 0.199 e. The minimum Gasteiger partial charge on any atom is -0.369 e. The number of nitrogens with zero attached hydrogens (tertiary/aromatic N) is 3. The lowest BCUT2D eigenvalue weighted by atomic mass is 10.1. The summed E-state index contributed by atoms with van der Waals surface area (Å²) in [6.07, 6.45) is 6.40. The van der Waals surface area contributed by atoms with Crippen LogP contribution in [0.25, 0.3) is 32.7 Å². The van der Waals surface area contributed by atoms with E-state index in [1.807, 2.05) is 59.5 Å². The van der Waals surface area contributed by atoms with Gasteiger partial charge in [-0.3, -0.25) is 4.79 Å². The molecule has 5 rings (SSSR count). The van der Waals surface area contributed by atoms with Crippen molar-refractivity contribution in [2.75, 3.05) is 18.0 Å².